The van der Waals surface area contributed by atoms with Gasteiger partial charge in [0.1, 0.15) is 0 Å². The summed E-state index contributed by atoms with van der Waals surface area (Å²) in [6.45, 7) is 0. The van der Waals surface area contributed by atoms with Gasteiger partial charge in [-0.15, -0.1) is 11.8 Å². The number of thioether (sulfide) groups is 1. The van der Waals surface area contributed by atoms with Gasteiger partial charge in [0.15, 0.2) is 0 Å². The van der Waals surface area contributed by atoms with Crippen molar-refractivity contribution in [2.24, 2.45) is 5.10 Å². The first kappa shape index (κ1) is 18.2. The molecule has 130 valence electrons. The van der Waals surface area contributed by atoms with Crippen LogP contribution in [-0.2, 0) is 5.75 Å². The first-order valence-electron chi connectivity index (χ1n) is 7.91. The Morgan fingerprint density at radius 3 is 2.42 bits per heavy atom. The predicted molar refractivity (Wildman–Crippen MR) is 107 cm³/mol. The number of rotatable bonds is 6. The zero-order valence-corrected chi connectivity index (χ0v) is 15.4. The van der Waals surface area contributed by atoms with Gasteiger partial charge in [-0.25, -0.2) is 5.43 Å². The van der Waals surface area contributed by atoms with E-state index >= 15 is 0 Å². The van der Waals surface area contributed by atoms with E-state index in [4.69, 9.17) is 11.6 Å². The molecule has 0 aliphatic rings. The number of benzene rings is 2. The smallest absolute Gasteiger partial charge is 0.267 e. The van der Waals surface area contributed by atoms with Crippen LogP contribution in [0.15, 0.2) is 83.1 Å². The molecule has 0 radical (unpaired) electrons. The van der Waals surface area contributed by atoms with Gasteiger partial charge in [0.25, 0.3) is 5.91 Å². The summed E-state index contributed by atoms with van der Waals surface area (Å²) in [5.74, 6) is 0.580. The number of carbonyl (C=O) groups excluding carboxylic acids is 1. The molecule has 0 saturated carbocycles. The summed E-state index contributed by atoms with van der Waals surface area (Å²) < 4.78 is 0. The molecule has 26 heavy (non-hydrogen) atoms. The summed E-state index contributed by atoms with van der Waals surface area (Å²) in [7, 11) is 0. The lowest BCUT2D eigenvalue weighted by molar-refractivity contribution is 0.0955. The molecule has 1 aromatic heterocycles. The van der Waals surface area contributed by atoms with Gasteiger partial charge in [-0.2, -0.15) is 5.10 Å². The SMILES string of the molecule is O=C(N/N=C\c1ccncc1)c1ccc(CSc2ccc(Cl)cc2)cc1. The van der Waals surface area contributed by atoms with Crippen molar-refractivity contribution >= 4 is 35.5 Å². The predicted octanol–water partition coefficient (Wildman–Crippen LogP) is 4.79. The van der Waals surface area contributed by atoms with E-state index in [-0.39, 0.29) is 5.91 Å². The number of pyridine rings is 1. The van der Waals surface area contributed by atoms with E-state index in [1.807, 2.05) is 48.5 Å². The topological polar surface area (TPSA) is 54.4 Å². The molecule has 6 heteroatoms. The Kier molecular flexibility index (Phi) is 6.41. The van der Waals surface area contributed by atoms with Gasteiger partial charge in [-0.1, -0.05) is 23.7 Å². The van der Waals surface area contributed by atoms with Crippen molar-refractivity contribution in [3.8, 4) is 0 Å². The number of hydrogen-bond acceptors (Lipinski definition) is 4. The Morgan fingerprint density at radius 2 is 1.73 bits per heavy atom. The summed E-state index contributed by atoms with van der Waals surface area (Å²) in [5, 5.41) is 4.69. The summed E-state index contributed by atoms with van der Waals surface area (Å²) >= 11 is 7.61. The molecule has 0 unspecified atom stereocenters. The minimum Gasteiger partial charge on any atom is -0.267 e. The van der Waals surface area contributed by atoms with E-state index in [1.54, 1.807) is 42.5 Å². The molecule has 0 fully saturated rings. The van der Waals surface area contributed by atoms with Gasteiger partial charge in [0.05, 0.1) is 6.21 Å². The Labute approximate surface area is 161 Å². The summed E-state index contributed by atoms with van der Waals surface area (Å²) in [5.41, 5.74) is 5.10. The quantitative estimate of drug-likeness (QED) is 0.379. The highest BCUT2D eigenvalue weighted by Crippen LogP contribution is 2.24. The maximum absolute atomic E-state index is 12.1. The van der Waals surface area contributed by atoms with E-state index < -0.39 is 0 Å². The minimum absolute atomic E-state index is 0.243. The molecule has 0 spiro atoms. The maximum atomic E-state index is 12.1. The highest BCUT2D eigenvalue weighted by molar-refractivity contribution is 7.98. The van der Waals surface area contributed by atoms with E-state index in [9.17, 15) is 4.79 Å². The molecule has 0 aliphatic heterocycles. The first-order chi connectivity index (χ1) is 12.7. The number of amides is 1. The van der Waals surface area contributed by atoms with E-state index in [2.05, 4.69) is 15.5 Å². The minimum atomic E-state index is -0.243. The third-order valence-corrected chi connectivity index (χ3v) is 4.86. The van der Waals surface area contributed by atoms with Crippen molar-refractivity contribution < 1.29 is 4.79 Å². The fourth-order valence-electron chi connectivity index (χ4n) is 2.13. The molecule has 3 rings (SSSR count). The van der Waals surface area contributed by atoms with Crippen LogP contribution in [0.25, 0.3) is 0 Å². The third kappa shape index (κ3) is 5.44. The molecule has 0 saturated heterocycles. The van der Waals surface area contributed by atoms with Crippen molar-refractivity contribution in [1.29, 1.82) is 0 Å². The number of carbonyl (C=O) groups is 1. The van der Waals surface area contributed by atoms with Crippen molar-refractivity contribution in [2.45, 2.75) is 10.6 Å². The van der Waals surface area contributed by atoms with Gasteiger partial charge >= 0.3 is 0 Å². The number of hydrogen-bond donors (Lipinski definition) is 1. The highest BCUT2D eigenvalue weighted by Gasteiger charge is 2.04. The Morgan fingerprint density at radius 1 is 1.04 bits per heavy atom. The Balaban J connectivity index is 1.52. The van der Waals surface area contributed by atoms with Crippen LogP contribution in [0.4, 0.5) is 0 Å². The van der Waals surface area contributed by atoms with Crippen LogP contribution in [0.2, 0.25) is 5.02 Å². The summed E-state index contributed by atoms with van der Waals surface area (Å²) in [6.07, 6.45) is 4.92. The van der Waals surface area contributed by atoms with Gasteiger partial charge in [-0.05, 0) is 59.7 Å². The van der Waals surface area contributed by atoms with Crippen molar-refractivity contribution in [3.05, 3.63) is 94.8 Å². The fourth-order valence-corrected chi connectivity index (χ4v) is 3.11. The monoisotopic (exact) mass is 381 g/mol. The molecule has 0 aliphatic carbocycles. The molecule has 0 bridgehead atoms. The second-order valence-electron chi connectivity index (χ2n) is 5.42. The van der Waals surface area contributed by atoms with Crippen LogP contribution in [0, 0.1) is 0 Å². The molecule has 4 nitrogen and oxygen atoms in total. The van der Waals surface area contributed by atoms with E-state index in [1.165, 1.54) is 0 Å². The summed E-state index contributed by atoms with van der Waals surface area (Å²) in [4.78, 5) is 17.2. The van der Waals surface area contributed by atoms with Gasteiger partial charge in [0.2, 0.25) is 0 Å². The van der Waals surface area contributed by atoms with Crippen molar-refractivity contribution in [1.82, 2.24) is 10.4 Å². The molecule has 2 aromatic carbocycles. The third-order valence-electron chi connectivity index (χ3n) is 3.52. The van der Waals surface area contributed by atoms with E-state index in [0.29, 0.717) is 5.56 Å². The van der Waals surface area contributed by atoms with Crippen LogP contribution < -0.4 is 5.43 Å². The molecular weight excluding hydrogens is 366 g/mol. The summed E-state index contributed by atoms with van der Waals surface area (Å²) in [6, 6.07) is 18.9. The van der Waals surface area contributed by atoms with Crippen LogP contribution >= 0.6 is 23.4 Å². The first-order valence-corrected chi connectivity index (χ1v) is 9.28. The lowest BCUT2D eigenvalue weighted by atomic mass is 10.1. The van der Waals surface area contributed by atoms with E-state index in [0.717, 1.165) is 26.8 Å². The normalized spacial score (nSPS) is 10.8. The lowest BCUT2D eigenvalue weighted by Crippen LogP contribution is -2.17. The zero-order valence-electron chi connectivity index (χ0n) is 13.8. The largest absolute Gasteiger partial charge is 0.271 e. The van der Waals surface area contributed by atoms with Gasteiger partial charge in [-0.3, -0.25) is 9.78 Å². The molecule has 3 aromatic rings. The maximum Gasteiger partial charge on any atom is 0.271 e. The number of hydrazone groups is 1. The van der Waals surface area contributed by atoms with Crippen molar-refractivity contribution in [3.63, 3.8) is 0 Å². The van der Waals surface area contributed by atoms with Crippen LogP contribution in [0.3, 0.4) is 0 Å². The van der Waals surface area contributed by atoms with Crippen LogP contribution in [0.1, 0.15) is 21.5 Å². The molecular formula is C20H16ClN3OS. The second-order valence-corrected chi connectivity index (χ2v) is 6.90. The average Bonchev–Trinajstić information content (AvgIpc) is 2.69. The van der Waals surface area contributed by atoms with Crippen LogP contribution in [0.5, 0.6) is 0 Å². The van der Waals surface area contributed by atoms with Crippen molar-refractivity contribution in [2.75, 3.05) is 0 Å². The van der Waals surface area contributed by atoms with Gasteiger partial charge in [0, 0.05) is 33.6 Å². The fraction of sp³-hybridized carbons (Fsp3) is 0.0500. The average molecular weight is 382 g/mol. The van der Waals surface area contributed by atoms with Gasteiger partial charge < -0.3 is 0 Å². The number of nitrogens with zero attached hydrogens (tertiary/aromatic N) is 2. The molecule has 1 heterocycles. The zero-order chi connectivity index (χ0) is 18.2. The Hall–Kier alpha value is -2.63. The highest BCUT2D eigenvalue weighted by atomic mass is 35.5. The standard InChI is InChI=1S/C20H16ClN3OS/c21-18-5-7-19(8-6-18)26-14-16-1-3-17(4-2-16)20(25)24-23-13-15-9-11-22-12-10-15/h1-13H,14H2,(H,24,25)/b23-13-. The Bertz CT molecular complexity index is 881. The number of aromatic nitrogens is 1. The molecule has 1 N–H and O–H groups in total. The second kappa shape index (κ2) is 9.17. The molecule has 1 amide bonds. The van der Waals surface area contributed by atoms with Crippen LogP contribution in [-0.4, -0.2) is 17.1 Å². The number of nitrogens with one attached hydrogen (secondary N) is 1. The number of halogens is 1. The lowest BCUT2D eigenvalue weighted by Gasteiger charge is -2.04. The molecule has 0 atom stereocenters.